The van der Waals surface area contributed by atoms with Crippen molar-refractivity contribution in [3.8, 4) is 0 Å². The molecule has 0 aromatic rings. The van der Waals surface area contributed by atoms with Gasteiger partial charge in [-0.2, -0.15) is 0 Å². The summed E-state index contributed by atoms with van der Waals surface area (Å²) in [5, 5.41) is 0. The topological polar surface area (TPSA) is 3.24 Å². The predicted octanol–water partition coefficient (Wildman–Crippen LogP) is -6.64. The molecule has 0 aliphatic rings. The average molecular weight is 282 g/mol. The van der Waals surface area contributed by atoms with Crippen LogP contribution in [-0.2, 0) is 20.7 Å². The molecule has 0 aliphatic heterocycles. The molecule has 0 fully saturated rings. The monoisotopic (exact) mass is 281 g/mol. The smallest absolute Gasteiger partial charge is 1.00 e. The zero-order valence-corrected chi connectivity index (χ0v) is 12.2. The van der Waals surface area contributed by atoms with Crippen molar-refractivity contribution < 1.29 is 57.9 Å². The van der Waals surface area contributed by atoms with Crippen LogP contribution in [0.3, 0.4) is 0 Å². The molecule has 13 heavy (non-hydrogen) atoms. The summed E-state index contributed by atoms with van der Waals surface area (Å²) in [6.07, 6.45) is 5.33. The third-order valence-corrected chi connectivity index (χ3v) is 2.26. The van der Waals surface area contributed by atoms with Crippen LogP contribution in [0.1, 0.15) is 39.5 Å². The Bertz CT molecular complexity index is 68.4. The van der Waals surface area contributed by atoms with E-state index >= 15 is 0 Å². The standard InChI is InChI=1S/C8H18N.3ClH.Ti/c1-3-5-7-9-8-6-4-2;;;;/h3-8H2,1-2H3;3*1H;/q-1;;;;+4/p-3. The molecule has 0 rings (SSSR count). The summed E-state index contributed by atoms with van der Waals surface area (Å²) < 4.78 is 2.42. The average Bonchev–Trinajstić information content (AvgIpc) is 1.97. The van der Waals surface area contributed by atoms with Gasteiger partial charge >= 0.3 is 76.7 Å². The summed E-state index contributed by atoms with van der Waals surface area (Å²) in [4.78, 5) is 0. The van der Waals surface area contributed by atoms with Crippen molar-refractivity contribution >= 4 is 0 Å². The first-order chi connectivity index (χ1) is 4.81. The molecular weight excluding hydrogens is 264 g/mol. The molecule has 0 aromatic carbocycles. The molecule has 1 nitrogen and oxygen atoms in total. The van der Waals surface area contributed by atoms with Crippen LogP contribution in [0.4, 0.5) is 0 Å². The van der Waals surface area contributed by atoms with E-state index in [9.17, 15) is 0 Å². The van der Waals surface area contributed by atoms with Crippen molar-refractivity contribution in [1.29, 1.82) is 0 Å². The van der Waals surface area contributed by atoms with Crippen molar-refractivity contribution in [2.45, 2.75) is 39.5 Å². The minimum absolute atomic E-state index is 0. The van der Waals surface area contributed by atoms with E-state index in [1.165, 1.54) is 38.8 Å². The molecule has 0 aromatic heterocycles. The summed E-state index contributed by atoms with van der Waals surface area (Å²) >= 11 is 2.21. The Balaban J connectivity index is -0.000000135. The summed E-state index contributed by atoms with van der Waals surface area (Å²) in [5.74, 6) is 0. The van der Waals surface area contributed by atoms with Gasteiger partial charge in [-0.1, -0.05) is 0 Å². The van der Waals surface area contributed by atoms with Gasteiger partial charge in [0.15, 0.2) is 0 Å². The number of hydrogen-bond donors (Lipinski definition) is 0. The molecule has 0 saturated heterocycles. The van der Waals surface area contributed by atoms with Crippen molar-refractivity contribution in [3.63, 3.8) is 0 Å². The molecule has 0 aliphatic carbocycles. The Morgan fingerprint density at radius 2 is 1.15 bits per heavy atom. The van der Waals surface area contributed by atoms with Gasteiger partial charge in [-0.3, -0.25) is 0 Å². The Morgan fingerprint density at radius 1 is 0.846 bits per heavy atom. The third-order valence-electron chi connectivity index (χ3n) is 1.56. The molecule has 0 radical (unpaired) electrons. The van der Waals surface area contributed by atoms with Crippen LogP contribution < -0.4 is 37.2 Å². The summed E-state index contributed by atoms with van der Waals surface area (Å²) in [7, 11) is 0. The van der Waals surface area contributed by atoms with E-state index in [1.807, 2.05) is 0 Å². The maximum Gasteiger partial charge on any atom is -1.00 e. The van der Waals surface area contributed by atoms with Gasteiger partial charge < -0.3 is 37.2 Å². The van der Waals surface area contributed by atoms with Crippen molar-refractivity contribution in [1.82, 2.24) is 3.38 Å². The molecule has 0 atom stereocenters. The van der Waals surface area contributed by atoms with Crippen LogP contribution in [0.2, 0.25) is 0 Å². The summed E-state index contributed by atoms with van der Waals surface area (Å²) in [6, 6.07) is 0. The number of halogens is 3. The van der Waals surface area contributed by atoms with Crippen LogP contribution in [-0.4, -0.2) is 16.5 Å². The summed E-state index contributed by atoms with van der Waals surface area (Å²) in [6.45, 7) is 7.04. The number of nitrogens with zero attached hydrogens (tertiary/aromatic N) is 1. The van der Waals surface area contributed by atoms with E-state index in [0.717, 1.165) is 0 Å². The van der Waals surface area contributed by atoms with Crippen LogP contribution in [0.25, 0.3) is 0 Å². The quantitative estimate of drug-likeness (QED) is 0.438. The first kappa shape index (κ1) is 24.0. The molecule has 0 bridgehead atoms. The molecular formula is C8H18Cl3NTi. The normalized spacial score (nSPS) is 8.38. The fraction of sp³-hybridized carbons (Fsp3) is 1.00. The van der Waals surface area contributed by atoms with Crippen LogP contribution in [0.5, 0.6) is 0 Å². The van der Waals surface area contributed by atoms with Crippen LogP contribution in [0.15, 0.2) is 0 Å². The van der Waals surface area contributed by atoms with E-state index in [1.54, 1.807) is 0 Å². The second-order valence-corrected chi connectivity index (χ2v) is 3.68. The van der Waals surface area contributed by atoms with Gasteiger partial charge in [0.25, 0.3) is 0 Å². The first-order valence-electron chi connectivity index (χ1n) is 4.27. The fourth-order valence-corrected chi connectivity index (χ4v) is 1.30. The van der Waals surface area contributed by atoms with Crippen LogP contribution in [0, 0.1) is 0 Å². The van der Waals surface area contributed by atoms with Crippen molar-refractivity contribution in [2.24, 2.45) is 0 Å². The largest absolute Gasteiger partial charge is 1.00 e. The van der Waals surface area contributed by atoms with Gasteiger partial charge in [0.05, 0.1) is 0 Å². The minimum atomic E-state index is 0. The Hall–Kier alpha value is 1.54. The Kier molecular flexibility index (Phi) is 35.4. The molecule has 0 unspecified atom stereocenters. The molecule has 0 saturated carbocycles. The molecule has 5 heteroatoms. The SMILES string of the molecule is CCCC[N]([Ti+3])CCCC.[Cl-].[Cl-].[Cl-]. The minimum Gasteiger partial charge on any atom is -1.00 e. The molecule has 0 N–H and O–H groups in total. The Labute approximate surface area is 113 Å². The molecule has 0 amide bonds. The van der Waals surface area contributed by atoms with Gasteiger partial charge in [-0.05, 0) is 0 Å². The molecule has 0 spiro atoms. The predicted molar refractivity (Wildman–Crippen MR) is 41.4 cm³/mol. The Morgan fingerprint density at radius 3 is 1.38 bits per heavy atom. The number of unbranched alkanes of at least 4 members (excludes halogenated alkanes) is 2. The van der Waals surface area contributed by atoms with Crippen LogP contribution >= 0.6 is 0 Å². The summed E-state index contributed by atoms with van der Waals surface area (Å²) in [5.41, 5.74) is 0. The van der Waals surface area contributed by atoms with Gasteiger partial charge in [0.2, 0.25) is 0 Å². The number of rotatable bonds is 6. The molecule has 0 heterocycles. The zero-order chi connectivity index (χ0) is 7.82. The van der Waals surface area contributed by atoms with Crippen molar-refractivity contribution in [3.05, 3.63) is 0 Å². The van der Waals surface area contributed by atoms with Gasteiger partial charge in [0, 0.05) is 0 Å². The van der Waals surface area contributed by atoms with Crippen molar-refractivity contribution in [2.75, 3.05) is 13.1 Å². The second-order valence-electron chi connectivity index (χ2n) is 2.69. The first-order valence-corrected chi connectivity index (χ1v) is 4.97. The maximum absolute atomic E-state index is 2.42. The van der Waals surface area contributed by atoms with Gasteiger partial charge in [-0.25, -0.2) is 0 Å². The van der Waals surface area contributed by atoms with E-state index in [-0.39, 0.29) is 37.2 Å². The fourth-order valence-electron chi connectivity index (χ4n) is 0.810. The maximum atomic E-state index is 2.42. The van der Waals surface area contributed by atoms with E-state index in [2.05, 4.69) is 37.9 Å². The van der Waals surface area contributed by atoms with Gasteiger partial charge in [0.1, 0.15) is 0 Å². The molecule has 80 valence electrons. The van der Waals surface area contributed by atoms with E-state index < -0.39 is 0 Å². The van der Waals surface area contributed by atoms with E-state index in [0.29, 0.717) is 0 Å². The third kappa shape index (κ3) is 19.8. The number of hydrogen-bond acceptors (Lipinski definition) is 1. The second kappa shape index (κ2) is 19.2. The van der Waals surface area contributed by atoms with E-state index in [4.69, 9.17) is 0 Å². The van der Waals surface area contributed by atoms with Gasteiger partial charge in [-0.15, -0.1) is 0 Å². The zero-order valence-electron chi connectivity index (χ0n) is 8.32.